The van der Waals surface area contributed by atoms with E-state index >= 15 is 0 Å². The standard InChI is InChI=1S/C29H28N4O3/c1-20-14-24(15-25(17-31)29(34)32-18-28-4-3-13-35-28)21(2)33(20)26-9-11-27(12-10-26)36-19-23-7-5-22(16-30)6-8-23/h5-12,14-15,28H,3-4,13,18-19H2,1-2H3,(H,32,34)/b25-15+/t28-/m1/s1. The first kappa shape index (κ1) is 24.8. The van der Waals surface area contributed by atoms with Crippen LogP contribution in [0.4, 0.5) is 0 Å². The summed E-state index contributed by atoms with van der Waals surface area (Å²) in [5.41, 5.74) is 5.37. The van der Waals surface area contributed by atoms with Crippen LogP contribution in [0.2, 0.25) is 0 Å². The Labute approximate surface area is 211 Å². The van der Waals surface area contributed by atoms with E-state index in [1.165, 1.54) is 0 Å². The Morgan fingerprint density at radius 2 is 1.92 bits per heavy atom. The molecule has 0 aliphatic carbocycles. The van der Waals surface area contributed by atoms with Crippen LogP contribution >= 0.6 is 0 Å². The second-order valence-corrected chi connectivity index (χ2v) is 8.77. The quantitative estimate of drug-likeness (QED) is 0.371. The van der Waals surface area contributed by atoms with E-state index in [0.717, 1.165) is 53.4 Å². The Morgan fingerprint density at radius 3 is 2.56 bits per heavy atom. The van der Waals surface area contributed by atoms with Gasteiger partial charge in [-0.3, -0.25) is 4.79 Å². The van der Waals surface area contributed by atoms with Gasteiger partial charge >= 0.3 is 0 Å². The van der Waals surface area contributed by atoms with E-state index < -0.39 is 0 Å². The number of carbonyl (C=O) groups excluding carboxylic acids is 1. The first-order valence-corrected chi connectivity index (χ1v) is 11.9. The molecule has 7 heteroatoms. The molecule has 1 saturated heterocycles. The minimum atomic E-state index is -0.387. The lowest BCUT2D eigenvalue weighted by Gasteiger charge is -2.12. The van der Waals surface area contributed by atoms with Crippen molar-refractivity contribution >= 4 is 12.0 Å². The molecular formula is C29H28N4O3. The molecule has 36 heavy (non-hydrogen) atoms. The van der Waals surface area contributed by atoms with Crippen LogP contribution in [0.25, 0.3) is 11.8 Å². The number of nitriles is 2. The van der Waals surface area contributed by atoms with Gasteiger partial charge in [0.1, 0.15) is 24.0 Å². The van der Waals surface area contributed by atoms with Crippen LogP contribution in [0.15, 0.2) is 60.2 Å². The Hall–Kier alpha value is -4.33. The molecular weight excluding hydrogens is 452 g/mol. The molecule has 0 saturated carbocycles. The fourth-order valence-electron chi connectivity index (χ4n) is 4.28. The van der Waals surface area contributed by atoms with Gasteiger partial charge in [0.15, 0.2) is 0 Å². The molecule has 1 aromatic heterocycles. The molecule has 1 atom stereocenters. The summed E-state index contributed by atoms with van der Waals surface area (Å²) in [7, 11) is 0. The Balaban J connectivity index is 1.44. The number of benzene rings is 2. The minimum Gasteiger partial charge on any atom is -0.489 e. The number of nitrogens with zero attached hydrogens (tertiary/aromatic N) is 3. The SMILES string of the molecule is Cc1cc(/C=C(\C#N)C(=O)NC[C@H]2CCCO2)c(C)n1-c1ccc(OCc2ccc(C#N)cc2)cc1. The topological polar surface area (TPSA) is 100 Å². The number of nitrogens with one attached hydrogen (secondary N) is 1. The van der Waals surface area contributed by atoms with Crippen LogP contribution in [0, 0.1) is 36.5 Å². The number of rotatable bonds is 8. The van der Waals surface area contributed by atoms with E-state index in [1.807, 2.05) is 62.4 Å². The summed E-state index contributed by atoms with van der Waals surface area (Å²) in [5, 5.41) is 21.3. The molecule has 3 aromatic rings. The summed E-state index contributed by atoms with van der Waals surface area (Å²) in [6.45, 7) is 5.50. The highest BCUT2D eigenvalue weighted by atomic mass is 16.5. The predicted molar refractivity (Wildman–Crippen MR) is 136 cm³/mol. The number of carbonyl (C=O) groups is 1. The van der Waals surface area contributed by atoms with Gasteiger partial charge < -0.3 is 19.4 Å². The Bertz CT molecular complexity index is 1330. The smallest absolute Gasteiger partial charge is 0.262 e. The molecule has 1 aliphatic rings. The van der Waals surface area contributed by atoms with Crippen LogP contribution < -0.4 is 10.1 Å². The van der Waals surface area contributed by atoms with Crippen molar-refractivity contribution in [3.8, 4) is 23.6 Å². The van der Waals surface area contributed by atoms with Gasteiger partial charge in [-0.05, 0) is 86.4 Å². The maximum atomic E-state index is 12.5. The lowest BCUT2D eigenvalue weighted by molar-refractivity contribution is -0.117. The third kappa shape index (κ3) is 5.83. The van der Waals surface area contributed by atoms with E-state index in [0.29, 0.717) is 18.7 Å². The Morgan fingerprint density at radius 1 is 1.17 bits per heavy atom. The third-order valence-corrected chi connectivity index (χ3v) is 6.23. The second kappa shape index (κ2) is 11.4. The highest BCUT2D eigenvalue weighted by Gasteiger charge is 2.18. The van der Waals surface area contributed by atoms with Gasteiger partial charge in [-0.2, -0.15) is 10.5 Å². The van der Waals surface area contributed by atoms with Crippen molar-refractivity contribution in [1.29, 1.82) is 10.5 Å². The van der Waals surface area contributed by atoms with E-state index in [9.17, 15) is 10.1 Å². The maximum Gasteiger partial charge on any atom is 0.262 e. The van der Waals surface area contributed by atoms with Crippen LogP contribution in [-0.2, 0) is 16.1 Å². The summed E-state index contributed by atoms with van der Waals surface area (Å²) in [4.78, 5) is 12.5. The number of aryl methyl sites for hydroxylation is 1. The molecule has 0 radical (unpaired) electrons. The van der Waals surface area contributed by atoms with Crippen LogP contribution in [-0.4, -0.2) is 29.7 Å². The molecule has 1 N–H and O–H groups in total. The summed E-state index contributed by atoms with van der Waals surface area (Å²) in [6, 6.07) is 21.2. The predicted octanol–water partition coefficient (Wildman–Crippen LogP) is 4.75. The molecule has 0 spiro atoms. The summed E-state index contributed by atoms with van der Waals surface area (Å²) in [5.74, 6) is 0.349. The largest absolute Gasteiger partial charge is 0.489 e. The average Bonchev–Trinajstić information content (AvgIpc) is 3.52. The van der Waals surface area contributed by atoms with Crippen molar-refractivity contribution in [2.24, 2.45) is 0 Å². The van der Waals surface area contributed by atoms with Gasteiger partial charge in [0.25, 0.3) is 5.91 Å². The molecule has 2 aromatic carbocycles. The molecule has 2 heterocycles. The van der Waals surface area contributed by atoms with Crippen molar-refractivity contribution in [3.63, 3.8) is 0 Å². The number of aromatic nitrogens is 1. The first-order chi connectivity index (χ1) is 17.5. The third-order valence-electron chi connectivity index (χ3n) is 6.23. The summed E-state index contributed by atoms with van der Waals surface area (Å²) >= 11 is 0. The van der Waals surface area contributed by atoms with Crippen molar-refractivity contribution in [3.05, 3.63) is 88.2 Å². The second-order valence-electron chi connectivity index (χ2n) is 8.77. The lowest BCUT2D eigenvalue weighted by atomic mass is 10.1. The molecule has 0 bridgehead atoms. The molecule has 7 nitrogen and oxygen atoms in total. The normalized spacial score (nSPS) is 15.2. The zero-order valence-electron chi connectivity index (χ0n) is 20.5. The van der Waals surface area contributed by atoms with Crippen LogP contribution in [0.1, 0.15) is 40.9 Å². The van der Waals surface area contributed by atoms with Crippen LogP contribution in [0.3, 0.4) is 0 Å². The monoisotopic (exact) mass is 480 g/mol. The molecule has 1 aliphatic heterocycles. The van der Waals surface area contributed by atoms with Crippen molar-refractivity contribution < 1.29 is 14.3 Å². The fraction of sp³-hybridized carbons (Fsp3) is 0.276. The summed E-state index contributed by atoms with van der Waals surface area (Å²) < 4.78 is 13.5. The van der Waals surface area contributed by atoms with Gasteiger partial charge in [0.05, 0.1) is 17.7 Å². The lowest BCUT2D eigenvalue weighted by Crippen LogP contribution is -2.32. The minimum absolute atomic E-state index is 0.0232. The van der Waals surface area contributed by atoms with Crippen LogP contribution in [0.5, 0.6) is 5.75 Å². The number of hydrogen-bond acceptors (Lipinski definition) is 5. The molecule has 182 valence electrons. The zero-order valence-corrected chi connectivity index (χ0v) is 20.5. The van der Waals surface area contributed by atoms with Gasteiger partial charge in [-0.15, -0.1) is 0 Å². The van der Waals surface area contributed by atoms with Crippen molar-refractivity contribution in [1.82, 2.24) is 9.88 Å². The van der Waals surface area contributed by atoms with Crippen molar-refractivity contribution in [2.75, 3.05) is 13.2 Å². The molecule has 4 rings (SSSR count). The summed E-state index contributed by atoms with van der Waals surface area (Å²) in [6.07, 6.45) is 3.58. The van der Waals surface area contributed by atoms with Crippen molar-refractivity contribution in [2.45, 2.75) is 39.4 Å². The first-order valence-electron chi connectivity index (χ1n) is 11.9. The highest BCUT2D eigenvalue weighted by molar-refractivity contribution is 6.01. The number of hydrogen-bond donors (Lipinski definition) is 1. The van der Waals surface area contributed by atoms with Gasteiger partial charge in [0.2, 0.25) is 0 Å². The van der Waals surface area contributed by atoms with E-state index in [4.69, 9.17) is 14.7 Å². The fourth-order valence-corrected chi connectivity index (χ4v) is 4.28. The number of ether oxygens (including phenoxy) is 2. The van der Waals surface area contributed by atoms with E-state index in [1.54, 1.807) is 18.2 Å². The van der Waals surface area contributed by atoms with E-state index in [-0.39, 0.29) is 17.6 Å². The maximum absolute atomic E-state index is 12.5. The highest BCUT2D eigenvalue weighted by Crippen LogP contribution is 2.25. The van der Waals surface area contributed by atoms with Gasteiger partial charge in [0, 0.05) is 30.2 Å². The molecule has 1 amide bonds. The van der Waals surface area contributed by atoms with E-state index in [2.05, 4.69) is 16.0 Å². The molecule has 1 fully saturated rings. The molecule has 0 unspecified atom stereocenters. The van der Waals surface area contributed by atoms with Gasteiger partial charge in [-0.1, -0.05) is 12.1 Å². The number of amides is 1. The Kier molecular flexibility index (Phi) is 7.85. The average molecular weight is 481 g/mol. The zero-order chi connectivity index (χ0) is 25.5. The van der Waals surface area contributed by atoms with Gasteiger partial charge in [-0.25, -0.2) is 0 Å².